The lowest BCUT2D eigenvalue weighted by Crippen LogP contribution is -2.38. The maximum Gasteiger partial charge on any atom is 0.409 e. The molecule has 0 spiro atoms. The highest BCUT2D eigenvalue weighted by molar-refractivity contribution is 5.36. The van der Waals surface area contributed by atoms with Gasteiger partial charge in [-0.3, -0.25) is 5.84 Å². The van der Waals surface area contributed by atoms with E-state index in [1.165, 1.54) is 18.2 Å². The summed E-state index contributed by atoms with van der Waals surface area (Å²) in [4.78, 5) is 0. The predicted molar refractivity (Wildman–Crippen MR) is 53.7 cm³/mol. The van der Waals surface area contributed by atoms with Gasteiger partial charge in [-0.2, -0.15) is 13.2 Å². The molecule has 90 valence electrons. The molecule has 0 bridgehead atoms. The SMILES string of the molecule is CCOc1ccccc1C(NN)C(F)(F)F. The molecule has 0 aliphatic heterocycles. The topological polar surface area (TPSA) is 47.3 Å². The first-order valence-corrected chi connectivity index (χ1v) is 4.75. The molecule has 0 radical (unpaired) electrons. The highest BCUT2D eigenvalue weighted by Crippen LogP contribution is 2.36. The number of benzene rings is 1. The summed E-state index contributed by atoms with van der Waals surface area (Å²) >= 11 is 0. The fraction of sp³-hybridized carbons (Fsp3) is 0.400. The molecule has 1 aromatic carbocycles. The van der Waals surface area contributed by atoms with Crippen molar-refractivity contribution in [1.82, 2.24) is 5.43 Å². The van der Waals surface area contributed by atoms with Crippen LogP contribution in [0.3, 0.4) is 0 Å². The third kappa shape index (κ3) is 2.86. The van der Waals surface area contributed by atoms with Gasteiger partial charge in [0.1, 0.15) is 11.8 Å². The average molecular weight is 234 g/mol. The first kappa shape index (κ1) is 12.8. The minimum Gasteiger partial charge on any atom is -0.494 e. The van der Waals surface area contributed by atoms with Gasteiger partial charge in [0, 0.05) is 5.56 Å². The Kier molecular flexibility index (Phi) is 4.14. The van der Waals surface area contributed by atoms with Gasteiger partial charge in [-0.05, 0) is 13.0 Å². The third-order valence-corrected chi connectivity index (χ3v) is 2.02. The molecule has 1 atom stereocenters. The predicted octanol–water partition coefficient (Wildman–Crippen LogP) is 2.15. The maximum atomic E-state index is 12.6. The number of alkyl halides is 3. The van der Waals surface area contributed by atoms with Crippen LogP contribution in [0.2, 0.25) is 0 Å². The number of rotatable bonds is 4. The molecule has 0 aliphatic carbocycles. The van der Waals surface area contributed by atoms with Crippen LogP contribution in [0.25, 0.3) is 0 Å². The molecule has 0 aliphatic rings. The lowest BCUT2D eigenvalue weighted by Gasteiger charge is -2.21. The zero-order valence-corrected chi connectivity index (χ0v) is 8.71. The molecule has 1 rings (SSSR count). The van der Waals surface area contributed by atoms with Gasteiger partial charge in [0.25, 0.3) is 0 Å². The van der Waals surface area contributed by atoms with Crippen molar-refractivity contribution in [3.63, 3.8) is 0 Å². The van der Waals surface area contributed by atoms with Gasteiger partial charge in [-0.25, -0.2) is 5.43 Å². The fourth-order valence-electron chi connectivity index (χ4n) is 1.37. The number of hydrazine groups is 1. The van der Waals surface area contributed by atoms with Gasteiger partial charge >= 0.3 is 6.18 Å². The van der Waals surface area contributed by atoms with E-state index < -0.39 is 12.2 Å². The van der Waals surface area contributed by atoms with Crippen molar-refractivity contribution in [1.29, 1.82) is 0 Å². The summed E-state index contributed by atoms with van der Waals surface area (Å²) in [6.45, 7) is 2.00. The number of nitrogens with two attached hydrogens (primary N) is 1. The molecule has 0 aromatic heterocycles. The number of hydrogen-bond acceptors (Lipinski definition) is 3. The molecule has 1 aromatic rings. The molecule has 0 saturated heterocycles. The zero-order chi connectivity index (χ0) is 12.2. The molecule has 0 fully saturated rings. The molecule has 0 saturated carbocycles. The van der Waals surface area contributed by atoms with E-state index in [0.717, 1.165) is 0 Å². The quantitative estimate of drug-likeness (QED) is 0.620. The minimum atomic E-state index is -4.46. The van der Waals surface area contributed by atoms with Crippen LogP contribution in [-0.2, 0) is 0 Å². The highest BCUT2D eigenvalue weighted by Gasteiger charge is 2.41. The van der Waals surface area contributed by atoms with Crippen molar-refractivity contribution in [2.24, 2.45) is 5.84 Å². The van der Waals surface area contributed by atoms with Crippen LogP contribution in [0.15, 0.2) is 24.3 Å². The van der Waals surface area contributed by atoms with Gasteiger partial charge in [0.2, 0.25) is 0 Å². The standard InChI is InChI=1S/C10H13F3N2O/c1-2-16-8-6-4-3-5-7(8)9(15-14)10(11,12)13/h3-6,9,15H,2,14H2,1H3. The Balaban J connectivity index is 3.09. The zero-order valence-electron chi connectivity index (χ0n) is 8.71. The summed E-state index contributed by atoms with van der Waals surface area (Å²) in [5, 5.41) is 0. The van der Waals surface area contributed by atoms with E-state index in [9.17, 15) is 13.2 Å². The van der Waals surface area contributed by atoms with E-state index in [1.54, 1.807) is 18.4 Å². The highest BCUT2D eigenvalue weighted by atomic mass is 19.4. The molecule has 0 amide bonds. The first-order valence-electron chi connectivity index (χ1n) is 4.75. The molecule has 1 unspecified atom stereocenters. The summed E-state index contributed by atoms with van der Waals surface area (Å²) in [6.07, 6.45) is -4.46. The van der Waals surface area contributed by atoms with Gasteiger partial charge in [-0.1, -0.05) is 18.2 Å². The summed E-state index contributed by atoms with van der Waals surface area (Å²) in [6, 6.07) is 4.01. The molecular weight excluding hydrogens is 221 g/mol. The second kappa shape index (κ2) is 5.18. The van der Waals surface area contributed by atoms with Crippen LogP contribution in [-0.4, -0.2) is 12.8 Å². The van der Waals surface area contributed by atoms with Crippen LogP contribution >= 0.6 is 0 Å². The van der Waals surface area contributed by atoms with Crippen molar-refractivity contribution >= 4 is 0 Å². The Morgan fingerprint density at radius 2 is 2.00 bits per heavy atom. The lowest BCUT2D eigenvalue weighted by atomic mass is 10.1. The van der Waals surface area contributed by atoms with E-state index >= 15 is 0 Å². The summed E-state index contributed by atoms with van der Waals surface area (Å²) in [5.74, 6) is 5.12. The van der Waals surface area contributed by atoms with Gasteiger partial charge in [0.15, 0.2) is 0 Å². The van der Waals surface area contributed by atoms with Crippen molar-refractivity contribution < 1.29 is 17.9 Å². The monoisotopic (exact) mass is 234 g/mol. The maximum absolute atomic E-state index is 12.6. The van der Waals surface area contributed by atoms with Gasteiger partial charge in [0.05, 0.1) is 6.61 Å². The first-order chi connectivity index (χ1) is 7.50. The second-order valence-electron chi connectivity index (χ2n) is 3.11. The average Bonchev–Trinajstić information content (AvgIpc) is 2.20. The van der Waals surface area contributed by atoms with Crippen LogP contribution in [0, 0.1) is 0 Å². The Labute approximate surface area is 91.4 Å². The van der Waals surface area contributed by atoms with E-state index in [0.29, 0.717) is 6.61 Å². The van der Waals surface area contributed by atoms with Crippen molar-refractivity contribution in [2.45, 2.75) is 19.1 Å². The van der Waals surface area contributed by atoms with E-state index in [4.69, 9.17) is 10.6 Å². The van der Waals surface area contributed by atoms with Crippen molar-refractivity contribution in [3.8, 4) is 5.75 Å². The number of nitrogens with one attached hydrogen (secondary N) is 1. The van der Waals surface area contributed by atoms with Crippen LogP contribution < -0.4 is 16.0 Å². The summed E-state index contributed by atoms with van der Waals surface area (Å²) in [7, 11) is 0. The summed E-state index contributed by atoms with van der Waals surface area (Å²) in [5.41, 5.74) is 1.74. The van der Waals surface area contributed by atoms with Crippen molar-refractivity contribution in [2.75, 3.05) is 6.61 Å². The lowest BCUT2D eigenvalue weighted by molar-refractivity contribution is -0.158. The van der Waals surface area contributed by atoms with Gasteiger partial charge < -0.3 is 4.74 Å². The molecule has 16 heavy (non-hydrogen) atoms. The van der Waals surface area contributed by atoms with Gasteiger partial charge in [-0.15, -0.1) is 0 Å². The second-order valence-corrected chi connectivity index (χ2v) is 3.11. The van der Waals surface area contributed by atoms with Crippen molar-refractivity contribution in [3.05, 3.63) is 29.8 Å². The third-order valence-electron chi connectivity index (χ3n) is 2.02. The van der Waals surface area contributed by atoms with E-state index in [-0.39, 0.29) is 11.3 Å². The van der Waals surface area contributed by atoms with Crippen LogP contribution in [0.5, 0.6) is 5.75 Å². The Bertz CT molecular complexity index is 341. The number of para-hydroxylation sites is 1. The summed E-state index contributed by atoms with van der Waals surface area (Å²) < 4.78 is 43.0. The molecule has 3 nitrogen and oxygen atoms in total. The molecule has 6 heteroatoms. The van der Waals surface area contributed by atoms with E-state index in [1.807, 2.05) is 0 Å². The van der Waals surface area contributed by atoms with Crippen LogP contribution in [0.1, 0.15) is 18.5 Å². The molecular formula is C10H13F3N2O. The number of hydrogen-bond donors (Lipinski definition) is 2. The van der Waals surface area contributed by atoms with Crippen LogP contribution in [0.4, 0.5) is 13.2 Å². The Morgan fingerprint density at radius 1 is 1.38 bits per heavy atom. The number of halogens is 3. The number of ether oxygens (including phenoxy) is 1. The van der Waals surface area contributed by atoms with E-state index in [2.05, 4.69) is 0 Å². The Hall–Kier alpha value is -1.27. The molecule has 0 heterocycles. The normalized spacial score (nSPS) is 13.6. The smallest absolute Gasteiger partial charge is 0.409 e. The Morgan fingerprint density at radius 3 is 2.50 bits per heavy atom. The molecule has 3 N–H and O–H groups in total. The minimum absolute atomic E-state index is 0.0145. The fourth-order valence-corrected chi connectivity index (χ4v) is 1.37. The largest absolute Gasteiger partial charge is 0.494 e.